The molecule has 45 heavy (non-hydrogen) atoms. The normalized spacial score (nSPS) is 17.9. The topological polar surface area (TPSA) is 143 Å². The van der Waals surface area contributed by atoms with Crippen LogP contribution in [0.3, 0.4) is 0 Å². The molecule has 0 spiro atoms. The van der Waals surface area contributed by atoms with Gasteiger partial charge in [0.25, 0.3) is 5.91 Å². The number of nitrogens with zero attached hydrogens (tertiary/aromatic N) is 2. The SMILES string of the molecule is COc1cccc(S(=O)(=O)N(CC2CC2)C[C@H](O)[C@H](Cc2ccccc2)NC(=O)[C@@H]2CN(c3ccc(C(C)=O)cc3)C(=O)O2)c1. The highest BCUT2D eigenvalue weighted by atomic mass is 32.2. The van der Waals surface area contributed by atoms with E-state index in [0.29, 0.717) is 17.0 Å². The van der Waals surface area contributed by atoms with Crippen LogP contribution in [0.2, 0.25) is 0 Å². The Morgan fingerprint density at radius 1 is 1.07 bits per heavy atom. The second-order valence-electron chi connectivity index (χ2n) is 11.4. The number of rotatable bonds is 14. The number of nitrogens with one attached hydrogen (secondary N) is 1. The zero-order chi connectivity index (χ0) is 32.1. The number of ketones is 1. The first-order valence-corrected chi connectivity index (χ1v) is 16.2. The third kappa shape index (κ3) is 7.88. The van der Waals surface area contributed by atoms with E-state index >= 15 is 0 Å². The molecule has 1 aliphatic carbocycles. The quantitative estimate of drug-likeness (QED) is 0.257. The number of hydrogen-bond donors (Lipinski definition) is 2. The van der Waals surface area contributed by atoms with Crippen molar-refractivity contribution in [1.29, 1.82) is 0 Å². The van der Waals surface area contributed by atoms with E-state index in [9.17, 15) is 27.9 Å². The number of carbonyl (C=O) groups excluding carboxylic acids is 3. The fourth-order valence-corrected chi connectivity index (χ4v) is 6.79. The van der Waals surface area contributed by atoms with Crippen LogP contribution in [0.4, 0.5) is 10.5 Å². The van der Waals surface area contributed by atoms with Crippen molar-refractivity contribution in [2.45, 2.75) is 49.3 Å². The third-order valence-electron chi connectivity index (χ3n) is 8.01. The average Bonchev–Trinajstić information content (AvgIpc) is 3.78. The lowest BCUT2D eigenvalue weighted by Crippen LogP contribution is -2.53. The Morgan fingerprint density at radius 2 is 1.78 bits per heavy atom. The summed E-state index contributed by atoms with van der Waals surface area (Å²) in [5.74, 6) is -0.145. The first-order chi connectivity index (χ1) is 21.5. The van der Waals surface area contributed by atoms with Crippen molar-refractivity contribution in [1.82, 2.24) is 9.62 Å². The molecule has 2 amide bonds. The van der Waals surface area contributed by atoms with Crippen molar-refractivity contribution < 1.29 is 37.4 Å². The summed E-state index contributed by atoms with van der Waals surface area (Å²) < 4.78 is 39.4. The van der Waals surface area contributed by atoms with Gasteiger partial charge in [0.2, 0.25) is 10.0 Å². The van der Waals surface area contributed by atoms with Crippen LogP contribution >= 0.6 is 0 Å². The van der Waals surface area contributed by atoms with Crippen molar-refractivity contribution in [3.05, 3.63) is 90.0 Å². The van der Waals surface area contributed by atoms with E-state index in [-0.39, 0.29) is 42.7 Å². The summed E-state index contributed by atoms with van der Waals surface area (Å²) in [6.07, 6.45) is -1.18. The molecule has 1 aliphatic heterocycles. The number of sulfonamides is 1. The largest absolute Gasteiger partial charge is 0.497 e. The lowest BCUT2D eigenvalue weighted by Gasteiger charge is -2.30. The molecule has 12 heteroatoms. The summed E-state index contributed by atoms with van der Waals surface area (Å²) in [7, 11) is -2.55. The number of aliphatic hydroxyl groups excluding tert-OH is 1. The number of anilines is 1. The summed E-state index contributed by atoms with van der Waals surface area (Å²) in [5.41, 5.74) is 1.78. The molecular weight excluding hydrogens is 598 g/mol. The van der Waals surface area contributed by atoms with Crippen molar-refractivity contribution >= 4 is 33.5 Å². The highest BCUT2D eigenvalue weighted by Crippen LogP contribution is 2.32. The summed E-state index contributed by atoms with van der Waals surface area (Å²) in [6.45, 7) is 1.35. The van der Waals surface area contributed by atoms with Crippen molar-refractivity contribution in [2.24, 2.45) is 5.92 Å². The van der Waals surface area contributed by atoms with Crippen LogP contribution in [0.1, 0.15) is 35.7 Å². The minimum Gasteiger partial charge on any atom is -0.497 e. The molecule has 3 aromatic rings. The third-order valence-corrected chi connectivity index (χ3v) is 9.84. The predicted molar refractivity (Wildman–Crippen MR) is 167 cm³/mol. The number of carbonyl (C=O) groups is 3. The zero-order valence-electron chi connectivity index (χ0n) is 25.2. The second-order valence-corrected chi connectivity index (χ2v) is 13.3. The minimum absolute atomic E-state index is 0.0487. The molecule has 11 nitrogen and oxygen atoms in total. The van der Waals surface area contributed by atoms with Crippen LogP contribution in [-0.2, 0) is 26.0 Å². The highest BCUT2D eigenvalue weighted by molar-refractivity contribution is 7.89. The van der Waals surface area contributed by atoms with Crippen molar-refractivity contribution in [3.8, 4) is 5.75 Å². The Bertz CT molecular complexity index is 1630. The maximum atomic E-state index is 13.8. The smallest absolute Gasteiger partial charge is 0.415 e. The molecule has 1 saturated carbocycles. The Labute approximate surface area is 262 Å². The van der Waals surface area contributed by atoms with Crippen LogP contribution in [0.15, 0.2) is 83.8 Å². The van der Waals surface area contributed by atoms with E-state index in [2.05, 4.69) is 5.32 Å². The van der Waals surface area contributed by atoms with E-state index in [1.807, 2.05) is 30.3 Å². The lowest BCUT2D eigenvalue weighted by atomic mass is 10.0. The maximum Gasteiger partial charge on any atom is 0.415 e. The molecule has 0 aromatic heterocycles. The first-order valence-electron chi connectivity index (χ1n) is 14.8. The molecule has 0 unspecified atom stereocenters. The Balaban J connectivity index is 1.34. The molecule has 2 aliphatic rings. The van der Waals surface area contributed by atoms with Gasteiger partial charge in [0.05, 0.1) is 30.7 Å². The Hall–Kier alpha value is -4.26. The molecule has 5 rings (SSSR count). The fourth-order valence-electron chi connectivity index (χ4n) is 5.22. The molecule has 0 bridgehead atoms. The molecule has 0 radical (unpaired) electrons. The van der Waals surface area contributed by atoms with Gasteiger partial charge in [-0.15, -0.1) is 0 Å². The summed E-state index contributed by atoms with van der Waals surface area (Å²) in [6, 6.07) is 20.9. The molecule has 238 valence electrons. The molecule has 3 atom stereocenters. The van der Waals surface area contributed by atoms with Gasteiger partial charge in [0, 0.05) is 30.4 Å². The average molecular weight is 636 g/mol. The van der Waals surface area contributed by atoms with E-state index in [0.717, 1.165) is 18.4 Å². The molecule has 2 fully saturated rings. The van der Waals surface area contributed by atoms with Crippen LogP contribution in [0.5, 0.6) is 5.75 Å². The Kier molecular flexibility index (Phi) is 9.86. The van der Waals surface area contributed by atoms with E-state index in [1.165, 1.54) is 35.4 Å². The summed E-state index contributed by atoms with van der Waals surface area (Å²) >= 11 is 0. The molecule has 3 aromatic carbocycles. The number of cyclic esters (lactones) is 1. The summed E-state index contributed by atoms with van der Waals surface area (Å²) in [5, 5.41) is 14.4. The number of benzene rings is 3. The first kappa shape index (κ1) is 32.1. The van der Waals surface area contributed by atoms with Gasteiger partial charge in [-0.05, 0) is 74.1 Å². The standard InChI is InChI=1S/C33H37N3O8S/c1-22(37)25-13-15-26(16-14-25)36-21-31(44-33(36)40)32(39)34-29(17-23-7-4-3-5-8-23)30(38)20-35(19-24-11-12-24)45(41,42)28-10-6-9-27(18-28)43-2/h3-10,13-16,18,24,29-31,38H,11-12,17,19-21H2,1-2H3,(H,34,39)/t29-,30-,31-/m0/s1. The number of aliphatic hydroxyl groups is 1. The van der Waals surface area contributed by atoms with Gasteiger partial charge in [-0.2, -0.15) is 4.31 Å². The predicted octanol–water partition coefficient (Wildman–Crippen LogP) is 3.41. The fraction of sp³-hybridized carbons (Fsp3) is 0.364. The van der Waals surface area contributed by atoms with Crippen molar-refractivity contribution in [3.63, 3.8) is 0 Å². The number of amides is 2. The molecule has 2 N–H and O–H groups in total. The van der Waals surface area contributed by atoms with E-state index in [1.54, 1.807) is 36.4 Å². The van der Waals surface area contributed by atoms with Gasteiger partial charge < -0.3 is 19.9 Å². The number of ether oxygens (including phenoxy) is 2. The molecule has 1 saturated heterocycles. The zero-order valence-corrected chi connectivity index (χ0v) is 26.0. The molecule has 1 heterocycles. The number of methoxy groups -OCH3 is 1. The van der Waals surface area contributed by atoms with Gasteiger partial charge in [0.1, 0.15) is 5.75 Å². The van der Waals surface area contributed by atoms with Crippen LogP contribution < -0.4 is 15.0 Å². The van der Waals surface area contributed by atoms with E-state index < -0.39 is 40.3 Å². The van der Waals surface area contributed by atoms with Crippen molar-refractivity contribution in [2.75, 3.05) is 31.6 Å². The maximum absolute atomic E-state index is 13.8. The number of hydrogen-bond acceptors (Lipinski definition) is 8. The minimum atomic E-state index is -4.00. The van der Waals surface area contributed by atoms with Crippen LogP contribution in [-0.4, -0.2) is 80.6 Å². The highest BCUT2D eigenvalue weighted by Gasteiger charge is 2.40. The molecular formula is C33H37N3O8S. The van der Waals surface area contributed by atoms with Gasteiger partial charge >= 0.3 is 6.09 Å². The monoisotopic (exact) mass is 635 g/mol. The van der Waals surface area contributed by atoms with Gasteiger partial charge in [-0.25, -0.2) is 13.2 Å². The lowest BCUT2D eigenvalue weighted by molar-refractivity contribution is -0.129. The van der Waals surface area contributed by atoms with Crippen LogP contribution in [0.25, 0.3) is 0 Å². The Morgan fingerprint density at radius 3 is 2.42 bits per heavy atom. The van der Waals surface area contributed by atoms with E-state index in [4.69, 9.17) is 9.47 Å². The van der Waals surface area contributed by atoms with Gasteiger partial charge in [0.15, 0.2) is 11.9 Å². The number of Topliss-reactive ketones (excluding diaryl/α,β-unsaturated/α-hetero) is 1. The summed E-state index contributed by atoms with van der Waals surface area (Å²) in [4.78, 5) is 39.1. The van der Waals surface area contributed by atoms with Crippen LogP contribution in [0, 0.1) is 5.92 Å². The second kappa shape index (κ2) is 13.8. The van der Waals surface area contributed by atoms with Gasteiger partial charge in [-0.3, -0.25) is 14.5 Å². The van der Waals surface area contributed by atoms with Gasteiger partial charge in [-0.1, -0.05) is 36.4 Å².